The Morgan fingerprint density at radius 3 is 2.44 bits per heavy atom. The highest BCUT2D eigenvalue weighted by Gasteiger charge is 2.25. The van der Waals surface area contributed by atoms with Crippen molar-refractivity contribution in [2.45, 2.75) is 40.2 Å². The Bertz CT molecular complexity index is 214. The second-order valence-electron chi connectivity index (χ2n) is 5.23. The van der Waals surface area contributed by atoms with E-state index in [1.165, 1.54) is 0 Å². The molecule has 0 bridgehead atoms. The predicted octanol–water partition coefficient (Wildman–Crippen LogP) is 2.26. The number of ether oxygens (including phenoxy) is 1. The summed E-state index contributed by atoms with van der Waals surface area (Å²) in [6.07, 6.45) is 0.981. The monoisotopic (exact) mass is 246 g/mol. The van der Waals surface area contributed by atoms with Gasteiger partial charge in [-0.2, -0.15) is 0 Å². The van der Waals surface area contributed by atoms with Crippen LogP contribution in [0.25, 0.3) is 0 Å². The van der Waals surface area contributed by atoms with Crippen LogP contribution in [0.1, 0.15) is 34.1 Å². The SMILES string of the molecule is COCCCNC(=S)N(C)C(C)C(C)(C)C. The summed E-state index contributed by atoms with van der Waals surface area (Å²) in [5.74, 6) is 0. The zero-order valence-corrected chi connectivity index (χ0v) is 12.3. The molecule has 0 rings (SSSR count). The molecule has 16 heavy (non-hydrogen) atoms. The minimum atomic E-state index is 0.229. The molecule has 0 radical (unpaired) electrons. The molecule has 0 saturated heterocycles. The number of hydrogen-bond donors (Lipinski definition) is 1. The number of hydrogen-bond acceptors (Lipinski definition) is 2. The van der Waals surface area contributed by atoms with Crippen molar-refractivity contribution in [3.63, 3.8) is 0 Å². The van der Waals surface area contributed by atoms with Crippen molar-refractivity contribution in [1.29, 1.82) is 0 Å². The number of thiocarbonyl (C=S) groups is 1. The Balaban J connectivity index is 3.99. The molecule has 0 aromatic carbocycles. The molecule has 0 heterocycles. The van der Waals surface area contributed by atoms with E-state index in [0.717, 1.165) is 24.7 Å². The van der Waals surface area contributed by atoms with Crippen molar-refractivity contribution in [3.05, 3.63) is 0 Å². The van der Waals surface area contributed by atoms with E-state index >= 15 is 0 Å². The molecular weight excluding hydrogens is 220 g/mol. The first-order valence-electron chi connectivity index (χ1n) is 5.80. The first kappa shape index (κ1) is 15.7. The smallest absolute Gasteiger partial charge is 0.168 e. The van der Waals surface area contributed by atoms with Gasteiger partial charge in [-0.15, -0.1) is 0 Å². The van der Waals surface area contributed by atoms with Gasteiger partial charge in [0.05, 0.1) is 0 Å². The van der Waals surface area contributed by atoms with Crippen LogP contribution in [0.3, 0.4) is 0 Å². The van der Waals surface area contributed by atoms with Crippen LogP contribution in [0.5, 0.6) is 0 Å². The molecule has 3 nitrogen and oxygen atoms in total. The lowest BCUT2D eigenvalue weighted by atomic mass is 9.87. The molecule has 0 saturated carbocycles. The van der Waals surface area contributed by atoms with Gasteiger partial charge in [-0.25, -0.2) is 0 Å². The van der Waals surface area contributed by atoms with Gasteiger partial charge in [0, 0.05) is 33.4 Å². The number of methoxy groups -OCH3 is 1. The van der Waals surface area contributed by atoms with Gasteiger partial charge in [0.25, 0.3) is 0 Å². The van der Waals surface area contributed by atoms with Crippen molar-refractivity contribution in [2.24, 2.45) is 5.41 Å². The fraction of sp³-hybridized carbons (Fsp3) is 0.917. The van der Waals surface area contributed by atoms with Crippen LogP contribution in [0, 0.1) is 5.41 Å². The maximum atomic E-state index is 5.35. The summed E-state index contributed by atoms with van der Waals surface area (Å²) < 4.78 is 4.99. The van der Waals surface area contributed by atoms with Crippen molar-refractivity contribution in [3.8, 4) is 0 Å². The van der Waals surface area contributed by atoms with Crippen molar-refractivity contribution in [2.75, 3.05) is 27.3 Å². The molecule has 0 aromatic heterocycles. The third-order valence-electron chi connectivity index (χ3n) is 2.96. The topological polar surface area (TPSA) is 24.5 Å². The molecule has 0 spiro atoms. The highest BCUT2D eigenvalue weighted by Crippen LogP contribution is 2.22. The summed E-state index contributed by atoms with van der Waals surface area (Å²) in [4.78, 5) is 2.13. The fourth-order valence-electron chi connectivity index (χ4n) is 1.29. The highest BCUT2D eigenvalue weighted by atomic mass is 32.1. The molecule has 0 aromatic rings. The molecule has 0 fully saturated rings. The van der Waals surface area contributed by atoms with Crippen molar-refractivity contribution < 1.29 is 4.74 Å². The Morgan fingerprint density at radius 2 is 2.00 bits per heavy atom. The Hall–Kier alpha value is -0.350. The summed E-state index contributed by atoms with van der Waals surface area (Å²) in [6.45, 7) is 10.5. The van der Waals surface area contributed by atoms with Crippen LogP contribution in [0.15, 0.2) is 0 Å². The lowest BCUT2D eigenvalue weighted by Gasteiger charge is -2.37. The van der Waals surface area contributed by atoms with Gasteiger partial charge in [0.1, 0.15) is 0 Å². The second-order valence-corrected chi connectivity index (χ2v) is 5.62. The highest BCUT2D eigenvalue weighted by molar-refractivity contribution is 7.80. The Labute approximate surface area is 106 Å². The van der Waals surface area contributed by atoms with E-state index in [9.17, 15) is 0 Å². The molecule has 0 aliphatic heterocycles. The van der Waals surface area contributed by atoms with Crippen molar-refractivity contribution >= 4 is 17.3 Å². The zero-order valence-electron chi connectivity index (χ0n) is 11.5. The third-order valence-corrected chi connectivity index (χ3v) is 3.39. The van der Waals surface area contributed by atoms with Crippen LogP contribution >= 0.6 is 12.2 Å². The van der Waals surface area contributed by atoms with Gasteiger partial charge < -0.3 is 15.0 Å². The Kier molecular flexibility index (Phi) is 6.91. The lowest BCUT2D eigenvalue weighted by molar-refractivity contribution is 0.192. The van der Waals surface area contributed by atoms with E-state index in [0.29, 0.717) is 6.04 Å². The van der Waals surface area contributed by atoms with Gasteiger partial charge in [0.2, 0.25) is 0 Å². The lowest BCUT2D eigenvalue weighted by Crippen LogP contribution is -2.47. The normalized spacial score (nSPS) is 13.4. The average Bonchev–Trinajstić information content (AvgIpc) is 2.20. The summed E-state index contributed by atoms with van der Waals surface area (Å²) in [6, 6.07) is 0.412. The number of rotatable bonds is 5. The van der Waals surface area contributed by atoms with Crippen LogP contribution in [-0.2, 0) is 4.74 Å². The maximum absolute atomic E-state index is 5.35. The average molecular weight is 246 g/mol. The number of nitrogens with one attached hydrogen (secondary N) is 1. The standard InChI is InChI=1S/C12H26N2OS/c1-10(12(2,3)4)14(5)11(16)13-8-7-9-15-6/h10H,7-9H2,1-6H3,(H,13,16). The predicted molar refractivity (Wildman–Crippen MR) is 73.8 cm³/mol. The van der Waals surface area contributed by atoms with Gasteiger partial charge in [-0.05, 0) is 31.0 Å². The summed E-state index contributed by atoms with van der Waals surface area (Å²) >= 11 is 5.35. The quantitative estimate of drug-likeness (QED) is 0.594. The summed E-state index contributed by atoms with van der Waals surface area (Å²) in [5.41, 5.74) is 0.229. The van der Waals surface area contributed by atoms with E-state index in [4.69, 9.17) is 17.0 Å². The van der Waals surface area contributed by atoms with E-state index < -0.39 is 0 Å². The molecular formula is C12H26N2OS. The third kappa shape index (κ3) is 5.66. The van der Waals surface area contributed by atoms with E-state index in [-0.39, 0.29) is 5.41 Å². The van der Waals surface area contributed by atoms with Gasteiger partial charge in [-0.1, -0.05) is 20.8 Å². The van der Waals surface area contributed by atoms with Crippen LogP contribution < -0.4 is 5.32 Å². The molecule has 96 valence electrons. The minimum absolute atomic E-state index is 0.229. The summed E-state index contributed by atoms with van der Waals surface area (Å²) in [5, 5.41) is 4.07. The van der Waals surface area contributed by atoms with E-state index in [1.807, 2.05) is 7.05 Å². The fourth-order valence-corrected chi connectivity index (χ4v) is 1.55. The van der Waals surface area contributed by atoms with Gasteiger partial charge in [0.15, 0.2) is 5.11 Å². The number of nitrogens with zero attached hydrogens (tertiary/aromatic N) is 1. The van der Waals surface area contributed by atoms with E-state index in [1.54, 1.807) is 7.11 Å². The van der Waals surface area contributed by atoms with Crippen LogP contribution in [-0.4, -0.2) is 43.4 Å². The molecule has 1 N–H and O–H groups in total. The molecule has 4 heteroatoms. The molecule has 0 aliphatic carbocycles. The minimum Gasteiger partial charge on any atom is -0.385 e. The first-order valence-corrected chi connectivity index (χ1v) is 6.21. The van der Waals surface area contributed by atoms with Crippen molar-refractivity contribution in [1.82, 2.24) is 10.2 Å². The Morgan fingerprint density at radius 1 is 1.44 bits per heavy atom. The molecule has 0 amide bonds. The van der Waals surface area contributed by atoms with E-state index in [2.05, 4.69) is 37.9 Å². The largest absolute Gasteiger partial charge is 0.385 e. The molecule has 1 atom stereocenters. The molecule has 0 aliphatic rings. The molecule has 1 unspecified atom stereocenters. The second kappa shape index (κ2) is 7.07. The summed E-state index contributed by atoms with van der Waals surface area (Å²) in [7, 11) is 3.76. The first-order chi connectivity index (χ1) is 7.30. The zero-order chi connectivity index (χ0) is 12.8. The van der Waals surface area contributed by atoms with Crippen LogP contribution in [0.2, 0.25) is 0 Å². The van der Waals surface area contributed by atoms with Gasteiger partial charge >= 0.3 is 0 Å². The van der Waals surface area contributed by atoms with Gasteiger partial charge in [-0.3, -0.25) is 0 Å². The van der Waals surface area contributed by atoms with Crippen LogP contribution in [0.4, 0.5) is 0 Å². The maximum Gasteiger partial charge on any atom is 0.168 e.